The van der Waals surface area contributed by atoms with Gasteiger partial charge in [-0.2, -0.15) is 0 Å². The summed E-state index contributed by atoms with van der Waals surface area (Å²) in [6.07, 6.45) is 1.07. The predicted molar refractivity (Wildman–Crippen MR) is 42.1 cm³/mol. The number of hydrogen-bond donors (Lipinski definition) is 2. The van der Waals surface area contributed by atoms with Crippen molar-refractivity contribution in [1.29, 1.82) is 0 Å². The van der Waals surface area contributed by atoms with Crippen LogP contribution in [0.4, 0.5) is 4.39 Å². The quantitative estimate of drug-likeness (QED) is 0.573. The van der Waals surface area contributed by atoms with Crippen LogP contribution in [-0.2, 0) is 4.79 Å². The highest BCUT2D eigenvalue weighted by atomic mass is 19.1. The van der Waals surface area contributed by atoms with Crippen molar-refractivity contribution >= 4 is 5.91 Å². The smallest absolute Gasteiger partial charge is 0.217 e. The fraction of sp³-hybridized carbons (Fsp3) is 0.857. The first-order valence-corrected chi connectivity index (χ1v) is 3.64. The number of halogens is 1. The lowest BCUT2D eigenvalue weighted by molar-refractivity contribution is -0.119. The van der Waals surface area contributed by atoms with Gasteiger partial charge in [0.25, 0.3) is 0 Å². The molecule has 66 valence electrons. The molecule has 3 nitrogen and oxygen atoms in total. The van der Waals surface area contributed by atoms with Crippen LogP contribution in [-0.4, -0.2) is 32.2 Å². The van der Waals surface area contributed by atoms with Crippen LogP contribution in [0.3, 0.4) is 0 Å². The Kier molecular flexibility index (Phi) is 5.74. The third-order valence-electron chi connectivity index (χ3n) is 1.47. The van der Waals surface area contributed by atoms with Crippen molar-refractivity contribution in [3.63, 3.8) is 0 Å². The molecular formula is C7H15FN2O. The highest BCUT2D eigenvalue weighted by Crippen LogP contribution is 1.95. The molecule has 4 heteroatoms. The molecule has 0 aromatic rings. The monoisotopic (exact) mass is 162 g/mol. The summed E-state index contributed by atoms with van der Waals surface area (Å²) in [4.78, 5) is 10.5. The topological polar surface area (TPSA) is 41.1 Å². The average molecular weight is 162 g/mol. The van der Waals surface area contributed by atoms with Crippen LogP contribution in [0.25, 0.3) is 0 Å². The first kappa shape index (κ1) is 10.4. The molecule has 1 unspecified atom stereocenters. The van der Waals surface area contributed by atoms with E-state index in [0.717, 1.165) is 19.5 Å². The molecule has 0 saturated carbocycles. The van der Waals surface area contributed by atoms with Crippen LogP contribution in [0.2, 0.25) is 0 Å². The van der Waals surface area contributed by atoms with Crippen molar-refractivity contribution in [1.82, 2.24) is 10.6 Å². The number of rotatable bonds is 1. The maximum Gasteiger partial charge on any atom is 0.217 e. The summed E-state index contributed by atoms with van der Waals surface area (Å²) in [6, 6.07) is 0.377. The zero-order valence-electron chi connectivity index (χ0n) is 6.98. The highest BCUT2D eigenvalue weighted by molar-refractivity contribution is 5.73. The van der Waals surface area contributed by atoms with Gasteiger partial charge in [0.2, 0.25) is 5.91 Å². The predicted octanol–water partition coefficient (Wildman–Crippen LogP) is 0.0701. The Bertz CT molecular complexity index is 113. The standard InChI is InChI=1S/C6H12N2O.CH3F/c1-5(9)8-6-2-3-7-4-6;1-2/h6-7H,2-4H2,1H3,(H,8,9);1H3. The molecular weight excluding hydrogens is 147 g/mol. The maximum atomic E-state index is 10.5. The third kappa shape index (κ3) is 4.72. The second-order valence-electron chi connectivity index (χ2n) is 2.39. The van der Waals surface area contributed by atoms with Gasteiger partial charge < -0.3 is 10.6 Å². The highest BCUT2D eigenvalue weighted by Gasteiger charge is 2.13. The van der Waals surface area contributed by atoms with E-state index in [2.05, 4.69) is 10.6 Å². The van der Waals surface area contributed by atoms with Crippen molar-refractivity contribution < 1.29 is 9.18 Å². The molecule has 0 spiro atoms. The summed E-state index contributed by atoms with van der Waals surface area (Å²) in [5, 5.41) is 6.00. The van der Waals surface area contributed by atoms with E-state index in [0.29, 0.717) is 13.2 Å². The van der Waals surface area contributed by atoms with Crippen molar-refractivity contribution in [3.8, 4) is 0 Å². The molecule has 0 aliphatic carbocycles. The van der Waals surface area contributed by atoms with Crippen LogP contribution in [0.1, 0.15) is 13.3 Å². The van der Waals surface area contributed by atoms with E-state index >= 15 is 0 Å². The molecule has 1 heterocycles. The minimum Gasteiger partial charge on any atom is -0.352 e. The van der Waals surface area contributed by atoms with Crippen LogP contribution in [0.5, 0.6) is 0 Å². The maximum absolute atomic E-state index is 10.5. The second-order valence-corrected chi connectivity index (χ2v) is 2.39. The van der Waals surface area contributed by atoms with Gasteiger partial charge in [-0.25, -0.2) is 0 Å². The van der Waals surface area contributed by atoms with Gasteiger partial charge in [0.15, 0.2) is 0 Å². The van der Waals surface area contributed by atoms with E-state index < -0.39 is 0 Å². The van der Waals surface area contributed by atoms with Gasteiger partial charge in [-0.3, -0.25) is 9.18 Å². The molecule has 1 fully saturated rings. The zero-order valence-corrected chi connectivity index (χ0v) is 6.98. The number of amides is 1. The van der Waals surface area contributed by atoms with E-state index in [9.17, 15) is 9.18 Å². The Morgan fingerprint density at radius 3 is 2.64 bits per heavy atom. The van der Waals surface area contributed by atoms with Crippen molar-refractivity contribution in [2.45, 2.75) is 19.4 Å². The molecule has 0 bridgehead atoms. The summed E-state index contributed by atoms with van der Waals surface area (Å²) < 4.78 is 9.50. The van der Waals surface area contributed by atoms with Gasteiger partial charge >= 0.3 is 0 Å². The van der Waals surface area contributed by atoms with Gasteiger partial charge in [0, 0.05) is 19.5 Å². The van der Waals surface area contributed by atoms with Crippen LogP contribution < -0.4 is 10.6 Å². The van der Waals surface area contributed by atoms with Crippen LogP contribution >= 0.6 is 0 Å². The molecule has 11 heavy (non-hydrogen) atoms. The Balaban J connectivity index is 0.000000461. The number of carbonyl (C=O) groups is 1. The number of nitrogens with one attached hydrogen (secondary N) is 2. The van der Waals surface area contributed by atoms with Crippen molar-refractivity contribution in [2.75, 3.05) is 20.3 Å². The SMILES string of the molecule is CC(=O)NC1CCNC1.CF. The normalized spacial score (nSPS) is 21.9. The first-order chi connectivity index (χ1) is 5.29. The van der Waals surface area contributed by atoms with E-state index in [4.69, 9.17) is 0 Å². The second kappa shape index (κ2) is 6.09. The van der Waals surface area contributed by atoms with E-state index in [1.165, 1.54) is 0 Å². The molecule has 0 radical (unpaired) electrons. The van der Waals surface area contributed by atoms with E-state index in [1.54, 1.807) is 6.92 Å². The molecule has 1 saturated heterocycles. The van der Waals surface area contributed by atoms with E-state index in [-0.39, 0.29) is 5.91 Å². The summed E-state index contributed by atoms with van der Waals surface area (Å²) in [7, 11) is 0.500. The summed E-state index contributed by atoms with van der Waals surface area (Å²) in [5.74, 6) is 0.0729. The van der Waals surface area contributed by atoms with Gasteiger partial charge in [0.05, 0.1) is 7.18 Å². The molecule has 1 aliphatic heterocycles. The Hall–Kier alpha value is -0.640. The van der Waals surface area contributed by atoms with Gasteiger partial charge in [-0.05, 0) is 13.0 Å². The molecule has 1 rings (SSSR count). The van der Waals surface area contributed by atoms with Crippen LogP contribution in [0, 0.1) is 0 Å². The lowest BCUT2D eigenvalue weighted by Gasteiger charge is -2.07. The fourth-order valence-electron chi connectivity index (χ4n) is 1.07. The fourth-order valence-corrected chi connectivity index (χ4v) is 1.07. The van der Waals surface area contributed by atoms with E-state index in [1.807, 2.05) is 0 Å². The number of carbonyl (C=O) groups excluding carboxylic acids is 1. The minimum absolute atomic E-state index is 0.0729. The Morgan fingerprint density at radius 2 is 2.27 bits per heavy atom. The Morgan fingerprint density at radius 1 is 1.64 bits per heavy atom. The summed E-state index contributed by atoms with van der Waals surface area (Å²) in [6.45, 7) is 3.52. The summed E-state index contributed by atoms with van der Waals surface area (Å²) >= 11 is 0. The molecule has 0 aromatic heterocycles. The number of hydrogen-bond acceptors (Lipinski definition) is 2. The van der Waals surface area contributed by atoms with Gasteiger partial charge in [0.1, 0.15) is 0 Å². The molecule has 1 atom stereocenters. The largest absolute Gasteiger partial charge is 0.352 e. The summed E-state index contributed by atoms with van der Waals surface area (Å²) in [5.41, 5.74) is 0. The van der Waals surface area contributed by atoms with Crippen molar-refractivity contribution in [3.05, 3.63) is 0 Å². The molecule has 1 aliphatic rings. The van der Waals surface area contributed by atoms with Crippen molar-refractivity contribution in [2.24, 2.45) is 0 Å². The zero-order chi connectivity index (χ0) is 8.69. The van der Waals surface area contributed by atoms with Gasteiger partial charge in [-0.15, -0.1) is 0 Å². The average Bonchev–Trinajstić information content (AvgIpc) is 2.43. The lowest BCUT2D eigenvalue weighted by Crippen LogP contribution is -2.34. The number of alkyl halides is 1. The minimum atomic E-state index is 0.0729. The molecule has 2 N–H and O–H groups in total. The van der Waals surface area contributed by atoms with Gasteiger partial charge in [-0.1, -0.05) is 0 Å². The molecule has 1 amide bonds. The first-order valence-electron chi connectivity index (χ1n) is 3.64. The lowest BCUT2D eigenvalue weighted by atomic mass is 10.3. The molecule has 0 aromatic carbocycles. The van der Waals surface area contributed by atoms with Crippen LogP contribution in [0.15, 0.2) is 0 Å². The Labute approximate surface area is 66.4 Å². The third-order valence-corrected chi connectivity index (χ3v) is 1.47.